The minimum absolute atomic E-state index is 0.231. The van der Waals surface area contributed by atoms with Crippen LogP contribution in [0, 0.1) is 0 Å². The number of hydrogen-bond donors (Lipinski definition) is 1. The lowest BCUT2D eigenvalue weighted by Gasteiger charge is -2.09. The predicted octanol–water partition coefficient (Wildman–Crippen LogP) is 3.94. The van der Waals surface area contributed by atoms with Crippen molar-refractivity contribution in [3.8, 4) is 0 Å². The average molecular weight is 1680 g/mol. The third kappa shape index (κ3) is 112. The summed E-state index contributed by atoms with van der Waals surface area (Å²) in [4.78, 5) is 10.3. The molecular formula is C79H156O36. The van der Waals surface area contributed by atoms with Crippen LogP contribution in [0.15, 0.2) is 12.7 Å². The van der Waals surface area contributed by atoms with Crippen molar-refractivity contribution in [2.24, 2.45) is 0 Å². The summed E-state index contributed by atoms with van der Waals surface area (Å²) in [6.07, 6.45) is 12.0. The van der Waals surface area contributed by atoms with Crippen molar-refractivity contribution >= 4 is 5.97 Å². The first-order valence-corrected chi connectivity index (χ1v) is 41.7. The van der Waals surface area contributed by atoms with Gasteiger partial charge in [0.15, 0.2) is 0 Å². The Labute approximate surface area is 687 Å². The molecule has 0 aromatic heterocycles. The molecule has 0 bridgehead atoms. The molecule has 0 aliphatic heterocycles. The molecule has 0 heterocycles. The normalized spacial score (nSPS) is 11.8. The van der Waals surface area contributed by atoms with E-state index in [9.17, 15) is 4.79 Å². The Morgan fingerprint density at radius 1 is 0.148 bits per heavy atom. The second-order valence-electron chi connectivity index (χ2n) is 24.2. The molecule has 688 valence electrons. The second-order valence-corrected chi connectivity index (χ2v) is 24.2. The van der Waals surface area contributed by atoms with Crippen LogP contribution in [0.25, 0.3) is 0 Å². The third-order valence-corrected chi connectivity index (χ3v) is 14.7. The van der Waals surface area contributed by atoms with Crippen LogP contribution in [-0.4, -0.2) is 460 Å². The SMILES string of the molecule is C=CCCCCCCCCCOCCOCCOCCOCCOCCOCCOCCOCCOCCOCCOCCOCCOCCOCCOCCOCCOCCOCCOCCOCCOCCOCCOCCOCCOCCOCCOCCOCCOCCOCCOCCOCCOCCOCC(=O)O. The number of carboxylic acids is 1. The van der Waals surface area contributed by atoms with Gasteiger partial charge in [-0.25, -0.2) is 4.79 Å². The van der Waals surface area contributed by atoms with E-state index in [1.54, 1.807) is 0 Å². The summed E-state index contributed by atoms with van der Waals surface area (Å²) in [6.45, 7) is 35.7. The zero-order chi connectivity index (χ0) is 82.1. The van der Waals surface area contributed by atoms with E-state index in [-0.39, 0.29) is 13.2 Å². The number of ether oxygens (including phenoxy) is 34. The number of hydrogen-bond acceptors (Lipinski definition) is 35. The molecule has 0 fully saturated rings. The molecule has 0 amide bonds. The first kappa shape index (κ1) is 113. The topological polar surface area (TPSA) is 351 Å². The predicted molar refractivity (Wildman–Crippen MR) is 423 cm³/mol. The minimum Gasteiger partial charge on any atom is -0.480 e. The monoisotopic (exact) mass is 1680 g/mol. The highest BCUT2D eigenvalue weighted by Gasteiger charge is 2.05. The minimum atomic E-state index is -1.00. The van der Waals surface area contributed by atoms with Gasteiger partial charge in [-0.15, -0.1) is 6.58 Å². The summed E-state index contributed by atoms with van der Waals surface area (Å²) >= 11 is 0. The first-order chi connectivity index (χ1) is 57.3. The van der Waals surface area contributed by atoms with E-state index in [1.165, 1.54) is 38.5 Å². The van der Waals surface area contributed by atoms with Crippen molar-refractivity contribution < 1.29 is 171 Å². The van der Waals surface area contributed by atoms with E-state index in [0.717, 1.165) is 19.4 Å². The van der Waals surface area contributed by atoms with Crippen LogP contribution in [0.5, 0.6) is 0 Å². The van der Waals surface area contributed by atoms with Crippen LogP contribution in [-0.2, 0) is 166 Å². The number of rotatable bonds is 111. The van der Waals surface area contributed by atoms with Gasteiger partial charge in [0.05, 0.1) is 436 Å². The molecule has 0 aliphatic rings. The van der Waals surface area contributed by atoms with Crippen LogP contribution in [0.4, 0.5) is 0 Å². The van der Waals surface area contributed by atoms with E-state index in [0.29, 0.717) is 429 Å². The van der Waals surface area contributed by atoms with Crippen LogP contribution >= 0.6 is 0 Å². The largest absolute Gasteiger partial charge is 0.480 e. The average Bonchev–Trinajstić information content (AvgIpc) is 3.21. The molecule has 0 saturated heterocycles. The highest BCUT2D eigenvalue weighted by molar-refractivity contribution is 5.67. The van der Waals surface area contributed by atoms with Crippen molar-refractivity contribution in [3.05, 3.63) is 12.7 Å². The second kappa shape index (κ2) is 110. The fraction of sp³-hybridized carbons (Fsp3) is 0.962. The van der Waals surface area contributed by atoms with Gasteiger partial charge in [0.2, 0.25) is 0 Å². The Morgan fingerprint density at radius 3 is 0.357 bits per heavy atom. The Morgan fingerprint density at radius 2 is 0.243 bits per heavy atom. The summed E-state index contributed by atoms with van der Waals surface area (Å²) in [5.74, 6) is -1.00. The molecule has 36 heteroatoms. The number of carbonyl (C=O) groups is 1. The zero-order valence-corrected chi connectivity index (χ0v) is 70.3. The van der Waals surface area contributed by atoms with Gasteiger partial charge in [-0.2, -0.15) is 0 Å². The summed E-state index contributed by atoms with van der Waals surface area (Å²) in [6, 6.07) is 0. The van der Waals surface area contributed by atoms with Crippen molar-refractivity contribution in [2.45, 2.75) is 51.4 Å². The summed E-state index contributed by atoms with van der Waals surface area (Å²) in [5.41, 5.74) is 0. The van der Waals surface area contributed by atoms with Crippen LogP contribution in [0.1, 0.15) is 51.4 Å². The summed E-state index contributed by atoms with van der Waals surface area (Å²) in [5, 5.41) is 8.47. The molecular weight excluding hydrogens is 1520 g/mol. The molecule has 0 atom stereocenters. The van der Waals surface area contributed by atoms with E-state index < -0.39 is 5.97 Å². The molecule has 1 N–H and O–H groups in total. The molecule has 36 nitrogen and oxygen atoms in total. The van der Waals surface area contributed by atoms with Gasteiger partial charge in [-0.1, -0.05) is 38.2 Å². The van der Waals surface area contributed by atoms with Crippen LogP contribution in [0.3, 0.4) is 0 Å². The van der Waals surface area contributed by atoms with Crippen molar-refractivity contribution in [1.82, 2.24) is 0 Å². The maximum Gasteiger partial charge on any atom is 0.329 e. The maximum atomic E-state index is 10.3. The fourth-order valence-corrected chi connectivity index (χ4v) is 8.79. The van der Waals surface area contributed by atoms with E-state index >= 15 is 0 Å². The van der Waals surface area contributed by atoms with Gasteiger partial charge in [0.25, 0.3) is 0 Å². The van der Waals surface area contributed by atoms with Crippen molar-refractivity contribution in [1.29, 1.82) is 0 Å². The number of aliphatic carboxylic acids is 1. The number of unbranched alkanes of at least 4 members (excludes halogenated alkanes) is 7. The standard InChI is InChI=1S/C79H156O36/c1-2-3-4-5-6-7-8-9-10-11-82-12-13-83-14-15-84-16-17-85-18-19-86-20-21-87-22-23-88-24-25-89-26-27-90-28-29-91-30-31-92-32-33-93-34-35-94-36-37-95-38-39-96-40-41-97-42-43-98-44-45-99-46-47-100-48-49-101-50-51-102-52-53-103-54-55-104-56-57-105-58-59-106-60-61-107-62-63-108-64-65-109-66-67-110-68-69-111-70-71-112-72-73-113-74-75-114-76-77-115-78-79(80)81/h2H,1,3-78H2,(H,80,81). The van der Waals surface area contributed by atoms with Gasteiger partial charge in [0.1, 0.15) is 6.61 Å². The van der Waals surface area contributed by atoms with Gasteiger partial charge in [0, 0.05) is 6.61 Å². The Balaban J connectivity index is 3.10. The quantitative estimate of drug-likeness (QED) is 0.0665. The Kier molecular flexibility index (Phi) is 108. The molecule has 0 aromatic rings. The van der Waals surface area contributed by atoms with Crippen molar-refractivity contribution in [2.75, 3.05) is 449 Å². The number of allylic oxidation sites excluding steroid dienone is 1. The maximum absolute atomic E-state index is 10.3. The summed E-state index contributed by atoms with van der Waals surface area (Å²) in [7, 11) is 0. The molecule has 0 rings (SSSR count). The molecule has 0 aromatic carbocycles. The highest BCUT2D eigenvalue weighted by Crippen LogP contribution is 2.09. The molecule has 115 heavy (non-hydrogen) atoms. The Hall–Kier alpha value is -2.15. The zero-order valence-electron chi connectivity index (χ0n) is 70.3. The van der Waals surface area contributed by atoms with Gasteiger partial charge < -0.3 is 166 Å². The van der Waals surface area contributed by atoms with E-state index in [4.69, 9.17) is 166 Å². The van der Waals surface area contributed by atoms with E-state index in [1.807, 2.05) is 6.08 Å². The first-order valence-electron chi connectivity index (χ1n) is 41.7. The molecule has 0 radical (unpaired) electrons. The lowest BCUT2D eigenvalue weighted by Crippen LogP contribution is -2.16. The molecule has 0 spiro atoms. The van der Waals surface area contributed by atoms with E-state index in [2.05, 4.69) is 6.58 Å². The Bertz CT molecular complexity index is 1700. The van der Waals surface area contributed by atoms with Crippen LogP contribution < -0.4 is 0 Å². The molecule has 0 aliphatic carbocycles. The fourth-order valence-electron chi connectivity index (χ4n) is 8.79. The van der Waals surface area contributed by atoms with Gasteiger partial charge >= 0.3 is 5.97 Å². The van der Waals surface area contributed by atoms with Gasteiger partial charge in [-0.05, 0) is 19.3 Å². The molecule has 0 unspecified atom stereocenters. The number of carboxylic acid groups (broad SMARTS) is 1. The molecule has 0 saturated carbocycles. The lowest BCUT2D eigenvalue weighted by molar-refractivity contribution is -0.142. The van der Waals surface area contributed by atoms with Gasteiger partial charge in [-0.3, -0.25) is 0 Å². The summed E-state index contributed by atoms with van der Waals surface area (Å²) < 4.78 is 187. The highest BCUT2D eigenvalue weighted by atomic mass is 16.6. The smallest absolute Gasteiger partial charge is 0.329 e. The van der Waals surface area contributed by atoms with Crippen LogP contribution in [0.2, 0.25) is 0 Å². The van der Waals surface area contributed by atoms with Crippen molar-refractivity contribution in [3.63, 3.8) is 0 Å². The third-order valence-electron chi connectivity index (χ3n) is 14.7. The lowest BCUT2D eigenvalue weighted by atomic mass is 10.1.